The number of thiazole rings is 1. The lowest BCUT2D eigenvalue weighted by Crippen LogP contribution is -1.73. The average Bonchev–Trinajstić information content (AvgIpc) is 2.91. The highest BCUT2D eigenvalue weighted by Crippen LogP contribution is 2.25. The number of nitrogens with zero attached hydrogens (tertiary/aromatic N) is 2. The van der Waals surface area contributed by atoms with Gasteiger partial charge in [0.25, 0.3) is 0 Å². The lowest BCUT2D eigenvalue weighted by molar-refractivity contribution is 1.13. The monoisotopic (exact) mass is 234 g/mol. The SMILES string of the molecule is CCc1cn2cc(-c3ccsc3)nc2s1. The maximum Gasteiger partial charge on any atom is 0.194 e. The summed E-state index contributed by atoms with van der Waals surface area (Å²) in [6.45, 7) is 2.17. The minimum absolute atomic E-state index is 1.07. The molecule has 3 aromatic rings. The van der Waals surface area contributed by atoms with E-state index < -0.39 is 0 Å². The van der Waals surface area contributed by atoms with Crippen LogP contribution in [0.4, 0.5) is 0 Å². The molecule has 0 radical (unpaired) electrons. The molecule has 0 aliphatic heterocycles. The van der Waals surface area contributed by atoms with E-state index in [0.29, 0.717) is 0 Å². The van der Waals surface area contributed by atoms with Crippen molar-refractivity contribution in [3.05, 3.63) is 34.1 Å². The lowest BCUT2D eigenvalue weighted by Gasteiger charge is -1.87. The van der Waals surface area contributed by atoms with Crippen LogP contribution < -0.4 is 0 Å². The number of rotatable bonds is 2. The summed E-state index contributed by atoms with van der Waals surface area (Å²) in [7, 11) is 0. The van der Waals surface area contributed by atoms with Crippen LogP contribution in [0.15, 0.2) is 29.2 Å². The van der Waals surface area contributed by atoms with Crippen molar-refractivity contribution < 1.29 is 0 Å². The summed E-state index contributed by atoms with van der Waals surface area (Å²) in [5, 5.41) is 4.22. The summed E-state index contributed by atoms with van der Waals surface area (Å²) in [6.07, 6.45) is 5.36. The quantitative estimate of drug-likeness (QED) is 0.661. The number of aromatic nitrogens is 2. The third kappa shape index (κ3) is 1.50. The zero-order chi connectivity index (χ0) is 10.3. The number of imidazole rings is 1. The zero-order valence-electron chi connectivity index (χ0n) is 8.30. The number of fused-ring (bicyclic) bond motifs is 1. The fourth-order valence-corrected chi connectivity index (χ4v) is 3.11. The van der Waals surface area contributed by atoms with Gasteiger partial charge in [-0.05, 0) is 17.9 Å². The van der Waals surface area contributed by atoms with Gasteiger partial charge in [-0.3, -0.25) is 4.40 Å². The molecular weight excluding hydrogens is 224 g/mol. The molecule has 3 heterocycles. The van der Waals surface area contributed by atoms with Gasteiger partial charge in [0.1, 0.15) is 0 Å². The van der Waals surface area contributed by atoms with Gasteiger partial charge in [0.15, 0.2) is 4.96 Å². The molecule has 0 unspecified atom stereocenters. The minimum Gasteiger partial charge on any atom is -0.297 e. The Labute approximate surface area is 95.8 Å². The predicted molar refractivity (Wildman–Crippen MR) is 65.8 cm³/mol. The van der Waals surface area contributed by atoms with Crippen molar-refractivity contribution in [2.45, 2.75) is 13.3 Å². The van der Waals surface area contributed by atoms with Crippen LogP contribution in [0.5, 0.6) is 0 Å². The van der Waals surface area contributed by atoms with Gasteiger partial charge >= 0.3 is 0 Å². The topological polar surface area (TPSA) is 17.3 Å². The summed E-state index contributed by atoms with van der Waals surface area (Å²) in [4.78, 5) is 7.09. The Balaban J connectivity index is 2.12. The second kappa shape index (κ2) is 3.47. The van der Waals surface area contributed by atoms with E-state index in [0.717, 1.165) is 17.1 Å². The van der Waals surface area contributed by atoms with Gasteiger partial charge in [-0.2, -0.15) is 11.3 Å². The molecule has 4 heteroatoms. The first-order chi connectivity index (χ1) is 7.36. The summed E-state index contributed by atoms with van der Waals surface area (Å²) in [5.41, 5.74) is 2.29. The zero-order valence-corrected chi connectivity index (χ0v) is 9.94. The van der Waals surface area contributed by atoms with Crippen LogP contribution in [0, 0.1) is 0 Å². The van der Waals surface area contributed by atoms with Crippen molar-refractivity contribution in [3.8, 4) is 11.3 Å². The van der Waals surface area contributed by atoms with E-state index in [4.69, 9.17) is 0 Å². The number of thiophene rings is 1. The maximum atomic E-state index is 4.61. The molecule has 3 aromatic heterocycles. The van der Waals surface area contributed by atoms with Gasteiger partial charge in [0.05, 0.1) is 5.69 Å². The summed E-state index contributed by atoms with van der Waals surface area (Å²) in [5.74, 6) is 0. The molecule has 0 saturated heterocycles. The minimum atomic E-state index is 1.07. The largest absolute Gasteiger partial charge is 0.297 e. The molecule has 0 amide bonds. The lowest BCUT2D eigenvalue weighted by atomic mass is 10.3. The molecule has 0 atom stereocenters. The Kier molecular flexibility index (Phi) is 2.11. The molecule has 15 heavy (non-hydrogen) atoms. The van der Waals surface area contributed by atoms with Crippen molar-refractivity contribution in [3.63, 3.8) is 0 Å². The number of aryl methyl sites for hydroxylation is 1. The van der Waals surface area contributed by atoms with Crippen molar-refractivity contribution >= 4 is 27.6 Å². The average molecular weight is 234 g/mol. The van der Waals surface area contributed by atoms with Gasteiger partial charge < -0.3 is 0 Å². The van der Waals surface area contributed by atoms with Crippen LogP contribution in [0.1, 0.15) is 11.8 Å². The molecule has 76 valence electrons. The van der Waals surface area contributed by atoms with Gasteiger partial charge in [0.2, 0.25) is 0 Å². The van der Waals surface area contributed by atoms with E-state index in [1.807, 2.05) is 0 Å². The number of hydrogen-bond donors (Lipinski definition) is 0. The molecule has 0 aromatic carbocycles. The van der Waals surface area contributed by atoms with Crippen LogP contribution >= 0.6 is 22.7 Å². The summed E-state index contributed by atoms with van der Waals surface area (Å²) in [6, 6.07) is 2.11. The fourth-order valence-electron chi connectivity index (χ4n) is 1.56. The Morgan fingerprint density at radius 2 is 2.33 bits per heavy atom. The van der Waals surface area contributed by atoms with E-state index in [2.05, 4.69) is 45.5 Å². The first kappa shape index (κ1) is 9.12. The van der Waals surface area contributed by atoms with E-state index in [-0.39, 0.29) is 0 Å². The predicted octanol–water partition coefficient (Wildman–Crippen LogP) is 3.69. The Bertz CT molecular complexity index is 543. The Hall–Kier alpha value is -1.13. The standard InChI is InChI=1S/C11H10N2S2/c1-2-9-5-13-6-10(12-11(13)15-9)8-3-4-14-7-8/h3-7H,2H2,1H3. The second-order valence-corrected chi connectivity index (χ2v) is 5.25. The molecule has 0 bridgehead atoms. The normalized spacial score (nSPS) is 11.3. The molecule has 0 fully saturated rings. The second-order valence-electron chi connectivity index (χ2n) is 3.38. The van der Waals surface area contributed by atoms with Crippen LogP contribution in [0.2, 0.25) is 0 Å². The van der Waals surface area contributed by atoms with Crippen molar-refractivity contribution in [1.29, 1.82) is 0 Å². The molecule has 0 aliphatic rings. The molecule has 0 saturated carbocycles. The smallest absolute Gasteiger partial charge is 0.194 e. The molecular formula is C11H10N2S2. The van der Waals surface area contributed by atoms with Crippen LogP contribution in [0.3, 0.4) is 0 Å². The summed E-state index contributed by atoms with van der Waals surface area (Å²) >= 11 is 3.48. The van der Waals surface area contributed by atoms with Crippen molar-refractivity contribution in [2.75, 3.05) is 0 Å². The van der Waals surface area contributed by atoms with E-state index in [9.17, 15) is 0 Å². The van der Waals surface area contributed by atoms with Crippen molar-refractivity contribution in [2.24, 2.45) is 0 Å². The maximum absolute atomic E-state index is 4.61. The third-order valence-electron chi connectivity index (χ3n) is 2.37. The first-order valence-corrected chi connectivity index (χ1v) is 6.62. The van der Waals surface area contributed by atoms with Gasteiger partial charge in [-0.1, -0.05) is 6.92 Å². The van der Waals surface area contributed by atoms with Crippen LogP contribution in [-0.4, -0.2) is 9.38 Å². The first-order valence-electron chi connectivity index (χ1n) is 4.87. The number of hydrogen-bond acceptors (Lipinski definition) is 3. The Morgan fingerprint density at radius 3 is 3.00 bits per heavy atom. The summed E-state index contributed by atoms with van der Waals surface area (Å²) < 4.78 is 2.12. The highest BCUT2D eigenvalue weighted by molar-refractivity contribution is 7.17. The van der Waals surface area contributed by atoms with Gasteiger partial charge in [-0.25, -0.2) is 4.98 Å². The van der Waals surface area contributed by atoms with Crippen molar-refractivity contribution in [1.82, 2.24) is 9.38 Å². The molecule has 3 rings (SSSR count). The molecule has 0 N–H and O–H groups in total. The highest BCUT2D eigenvalue weighted by Gasteiger charge is 2.07. The highest BCUT2D eigenvalue weighted by atomic mass is 32.1. The van der Waals surface area contributed by atoms with Crippen LogP contribution in [-0.2, 0) is 6.42 Å². The van der Waals surface area contributed by atoms with E-state index in [1.54, 1.807) is 22.7 Å². The van der Waals surface area contributed by atoms with E-state index in [1.165, 1.54) is 10.4 Å². The molecule has 0 spiro atoms. The Morgan fingerprint density at radius 1 is 1.40 bits per heavy atom. The van der Waals surface area contributed by atoms with Gasteiger partial charge in [-0.15, -0.1) is 11.3 Å². The third-order valence-corrected chi connectivity index (χ3v) is 4.19. The molecule has 0 aliphatic carbocycles. The van der Waals surface area contributed by atoms with Crippen LogP contribution in [0.25, 0.3) is 16.2 Å². The molecule has 2 nitrogen and oxygen atoms in total. The fraction of sp³-hybridized carbons (Fsp3) is 0.182. The van der Waals surface area contributed by atoms with Gasteiger partial charge in [0, 0.05) is 28.2 Å². The van der Waals surface area contributed by atoms with E-state index >= 15 is 0 Å².